The van der Waals surface area contributed by atoms with Crippen molar-refractivity contribution < 1.29 is 0 Å². The number of nitrogens with two attached hydrogens (primary N) is 1. The average Bonchev–Trinajstić information content (AvgIpc) is 2.73. The molecule has 0 fully saturated rings. The maximum atomic E-state index is 4.92. The van der Waals surface area contributed by atoms with E-state index in [1.165, 1.54) is 23.1 Å². The van der Waals surface area contributed by atoms with Crippen molar-refractivity contribution in [3.8, 4) is 0 Å². The van der Waals surface area contributed by atoms with E-state index in [1.807, 2.05) is 27.0 Å². The molecule has 1 aromatic carbocycles. The van der Waals surface area contributed by atoms with Crippen molar-refractivity contribution in [2.45, 2.75) is 60.9 Å². The summed E-state index contributed by atoms with van der Waals surface area (Å²) in [5.74, 6) is 0. The summed E-state index contributed by atoms with van der Waals surface area (Å²) in [4.78, 5) is 8.58. The SMILES string of the molecule is C=C(C)N.C=CCc1ccc(CNC(=C)C(=NCC)/C(NC)=C(/C)N=C)cc1C.CCC. The maximum Gasteiger partial charge on any atom is 0.105 e. The van der Waals surface area contributed by atoms with Gasteiger partial charge in [0.15, 0.2) is 0 Å². The van der Waals surface area contributed by atoms with Gasteiger partial charge in [0.25, 0.3) is 0 Å². The van der Waals surface area contributed by atoms with E-state index in [1.54, 1.807) is 6.92 Å². The minimum atomic E-state index is 0.667. The van der Waals surface area contributed by atoms with Gasteiger partial charge < -0.3 is 16.4 Å². The molecule has 0 spiro atoms. The van der Waals surface area contributed by atoms with Gasteiger partial charge in [-0.2, -0.15) is 0 Å². The first-order valence-corrected chi connectivity index (χ1v) is 11.1. The molecule has 1 aromatic rings. The van der Waals surface area contributed by atoms with E-state index in [-0.39, 0.29) is 0 Å². The number of allylic oxidation sites excluding steroid dienone is 3. The van der Waals surface area contributed by atoms with Crippen LogP contribution in [0.4, 0.5) is 0 Å². The zero-order valence-corrected chi connectivity index (χ0v) is 21.4. The lowest BCUT2D eigenvalue weighted by Gasteiger charge is -2.17. The van der Waals surface area contributed by atoms with Gasteiger partial charge in [-0.3, -0.25) is 9.98 Å². The van der Waals surface area contributed by atoms with Crippen LogP contribution in [0, 0.1) is 6.92 Å². The van der Waals surface area contributed by atoms with Gasteiger partial charge in [0.05, 0.1) is 17.1 Å². The highest BCUT2D eigenvalue weighted by molar-refractivity contribution is 6.11. The highest BCUT2D eigenvalue weighted by atomic mass is 15.0. The van der Waals surface area contributed by atoms with E-state index in [0.29, 0.717) is 18.8 Å². The second-order valence-electron chi connectivity index (χ2n) is 7.33. The molecule has 0 saturated carbocycles. The van der Waals surface area contributed by atoms with Crippen molar-refractivity contribution in [1.29, 1.82) is 0 Å². The fourth-order valence-corrected chi connectivity index (χ4v) is 2.58. The van der Waals surface area contributed by atoms with Gasteiger partial charge in [0.2, 0.25) is 0 Å². The van der Waals surface area contributed by atoms with Gasteiger partial charge in [-0.05, 0) is 63.2 Å². The van der Waals surface area contributed by atoms with E-state index >= 15 is 0 Å². The minimum Gasteiger partial charge on any atom is -0.403 e. The molecular formula is C27H45N5. The Morgan fingerprint density at radius 3 is 2.12 bits per heavy atom. The molecule has 0 unspecified atom stereocenters. The van der Waals surface area contributed by atoms with Gasteiger partial charge in [-0.1, -0.05) is 57.7 Å². The number of nitrogens with one attached hydrogen (secondary N) is 2. The Morgan fingerprint density at radius 2 is 1.72 bits per heavy atom. The van der Waals surface area contributed by atoms with Crippen LogP contribution in [-0.2, 0) is 13.0 Å². The number of benzene rings is 1. The quantitative estimate of drug-likeness (QED) is 0.317. The minimum absolute atomic E-state index is 0.667. The number of hydrogen-bond acceptors (Lipinski definition) is 5. The van der Waals surface area contributed by atoms with Crippen molar-refractivity contribution in [1.82, 2.24) is 10.6 Å². The third-order valence-corrected chi connectivity index (χ3v) is 3.97. The third kappa shape index (κ3) is 13.3. The summed E-state index contributed by atoms with van der Waals surface area (Å²) in [7, 11) is 1.85. The topological polar surface area (TPSA) is 74.8 Å². The number of hydrogen-bond donors (Lipinski definition) is 3. The molecule has 5 heteroatoms. The van der Waals surface area contributed by atoms with E-state index in [9.17, 15) is 0 Å². The van der Waals surface area contributed by atoms with Gasteiger partial charge >= 0.3 is 0 Å². The fourth-order valence-electron chi connectivity index (χ4n) is 2.58. The average molecular weight is 440 g/mol. The summed E-state index contributed by atoms with van der Waals surface area (Å²) in [6.45, 7) is 28.3. The van der Waals surface area contributed by atoms with Gasteiger partial charge in [0, 0.05) is 20.1 Å². The summed E-state index contributed by atoms with van der Waals surface area (Å²) in [6.07, 6.45) is 4.07. The molecule has 0 bridgehead atoms. The van der Waals surface area contributed by atoms with Crippen molar-refractivity contribution in [3.05, 3.63) is 83.5 Å². The summed E-state index contributed by atoms with van der Waals surface area (Å²) < 4.78 is 0. The largest absolute Gasteiger partial charge is 0.403 e. The van der Waals surface area contributed by atoms with Crippen LogP contribution in [-0.4, -0.2) is 26.0 Å². The van der Waals surface area contributed by atoms with Crippen LogP contribution in [0.3, 0.4) is 0 Å². The Labute approximate surface area is 197 Å². The van der Waals surface area contributed by atoms with Crippen LogP contribution in [0.2, 0.25) is 0 Å². The summed E-state index contributed by atoms with van der Waals surface area (Å²) >= 11 is 0. The zero-order chi connectivity index (χ0) is 25.1. The summed E-state index contributed by atoms with van der Waals surface area (Å²) in [5.41, 5.74) is 12.6. The second kappa shape index (κ2) is 18.7. The molecule has 178 valence electrons. The van der Waals surface area contributed by atoms with E-state index in [2.05, 4.69) is 86.0 Å². The van der Waals surface area contributed by atoms with Crippen LogP contribution in [0.1, 0.15) is 57.7 Å². The lowest BCUT2D eigenvalue weighted by Crippen LogP contribution is -2.27. The van der Waals surface area contributed by atoms with Crippen LogP contribution in [0.25, 0.3) is 0 Å². The van der Waals surface area contributed by atoms with Crippen LogP contribution < -0.4 is 16.4 Å². The lowest BCUT2D eigenvalue weighted by atomic mass is 10.0. The molecule has 5 nitrogen and oxygen atoms in total. The number of nitrogens with zero attached hydrogens (tertiary/aromatic N) is 2. The Balaban J connectivity index is 0. The number of rotatable bonds is 10. The molecule has 32 heavy (non-hydrogen) atoms. The molecule has 0 saturated heterocycles. The number of aliphatic imine (C=N–C) groups is 2. The predicted octanol–water partition coefficient (Wildman–Crippen LogP) is 5.83. The third-order valence-electron chi connectivity index (χ3n) is 3.97. The first-order chi connectivity index (χ1) is 15.1. The summed E-state index contributed by atoms with van der Waals surface area (Å²) in [5, 5.41) is 6.53. The van der Waals surface area contributed by atoms with E-state index < -0.39 is 0 Å². The van der Waals surface area contributed by atoms with Gasteiger partial charge in [0.1, 0.15) is 5.71 Å². The van der Waals surface area contributed by atoms with Crippen molar-refractivity contribution in [2.75, 3.05) is 13.6 Å². The molecular weight excluding hydrogens is 394 g/mol. The van der Waals surface area contributed by atoms with Crippen LogP contribution in [0.15, 0.2) is 76.8 Å². The lowest BCUT2D eigenvalue weighted by molar-refractivity contribution is 0.838. The smallest absolute Gasteiger partial charge is 0.105 e. The van der Waals surface area contributed by atoms with Crippen LogP contribution >= 0.6 is 0 Å². The standard InChI is InChI=1S/C21H30N4.C3H7N.C3H8/c1-8-10-19-12-11-18(13-15(19)3)14-25-17(5)21(24-9-2)20(23-7)16(4)22-6;1-3(2)4;1-3-2/h8,11-13,23,25H,1,5-6,9-10,14H2,2-4,7H3;1,4H2,2H3;3H2,1-2H3/b20-16+,24-21?;;. The summed E-state index contributed by atoms with van der Waals surface area (Å²) in [6, 6.07) is 6.48. The highest BCUT2D eigenvalue weighted by Crippen LogP contribution is 2.14. The molecule has 0 aliphatic rings. The second-order valence-corrected chi connectivity index (χ2v) is 7.33. The van der Waals surface area contributed by atoms with Crippen molar-refractivity contribution in [2.24, 2.45) is 15.7 Å². The van der Waals surface area contributed by atoms with Crippen LogP contribution in [0.5, 0.6) is 0 Å². The molecule has 0 amide bonds. The van der Waals surface area contributed by atoms with Gasteiger partial charge in [-0.15, -0.1) is 6.58 Å². The first kappa shape index (κ1) is 31.1. The Hall–Kier alpha value is -3.08. The molecule has 0 atom stereocenters. The van der Waals surface area contributed by atoms with E-state index in [4.69, 9.17) is 5.73 Å². The maximum absolute atomic E-state index is 4.92. The number of aryl methyl sites for hydroxylation is 1. The Kier molecular flexibility index (Phi) is 18.1. The fraction of sp³-hybridized carbons (Fsp3) is 0.407. The highest BCUT2D eigenvalue weighted by Gasteiger charge is 2.12. The molecule has 0 aliphatic carbocycles. The predicted molar refractivity (Wildman–Crippen MR) is 145 cm³/mol. The first-order valence-electron chi connectivity index (χ1n) is 11.1. The zero-order valence-electron chi connectivity index (χ0n) is 21.4. The van der Waals surface area contributed by atoms with Gasteiger partial charge in [-0.25, -0.2) is 0 Å². The van der Waals surface area contributed by atoms with Crippen molar-refractivity contribution >= 4 is 12.4 Å². The molecule has 0 heterocycles. The molecule has 0 aromatic heterocycles. The van der Waals surface area contributed by atoms with Crippen molar-refractivity contribution in [3.63, 3.8) is 0 Å². The Morgan fingerprint density at radius 1 is 1.16 bits per heavy atom. The normalized spacial score (nSPS) is 10.9. The Bertz CT molecular complexity index is 796. The molecule has 0 radical (unpaired) electrons. The molecule has 1 rings (SSSR count). The molecule has 0 aliphatic heterocycles. The van der Waals surface area contributed by atoms with E-state index in [0.717, 1.165) is 29.2 Å². The monoisotopic (exact) mass is 439 g/mol. The molecule has 4 N–H and O–H groups in total.